The number of amides is 1. The van der Waals surface area contributed by atoms with Gasteiger partial charge in [0, 0.05) is 5.56 Å². The maximum absolute atomic E-state index is 14.6. The number of nitrogens with one attached hydrogen (secondary N) is 1. The van der Waals surface area contributed by atoms with Gasteiger partial charge in [-0.25, -0.2) is 35.9 Å². The lowest BCUT2D eigenvalue weighted by Crippen LogP contribution is -2.58. The summed E-state index contributed by atoms with van der Waals surface area (Å²) in [5, 5.41) is 2.45. The highest BCUT2D eigenvalue weighted by atomic mass is 19.2. The topological polar surface area (TPSA) is 188 Å². The van der Waals surface area contributed by atoms with E-state index in [1.165, 1.54) is 0 Å². The third-order valence-corrected chi connectivity index (χ3v) is 8.52. The maximum atomic E-state index is 14.6. The molecule has 392 valence electrons. The molecule has 0 saturated heterocycles. The van der Waals surface area contributed by atoms with Gasteiger partial charge in [0.05, 0.1) is 70.0 Å². The van der Waals surface area contributed by atoms with E-state index in [4.69, 9.17) is 28.4 Å². The first kappa shape index (κ1) is 59.0. The van der Waals surface area contributed by atoms with Gasteiger partial charge in [-0.15, -0.1) is 0 Å². The van der Waals surface area contributed by atoms with Crippen LogP contribution < -0.4 is 14.8 Å². The maximum Gasteiger partial charge on any atom is 0.343 e. The number of carbonyl (C=O) groups is 6. The molecule has 0 unspecified atom stereocenters. The van der Waals surface area contributed by atoms with Gasteiger partial charge in [-0.3, -0.25) is 19.2 Å². The molecule has 0 saturated carbocycles. The molecule has 0 atom stereocenters. The number of hydrogen-bond acceptors (Lipinski definition) is 14. The van der Waals surface area contributed by atoms with Crippen LogP contribution >= 0.6 is 0 Å². The van der Waals surface area contributed by atoms with Crippen LogP contribution in [0.5, 0.6) is 11.5 Å². The standard InChI is InChI=1S/C46H49F10NO14/c1-43(2,3)69-25(58)10-13-64-19-46(20-65-14-11-26(59)70-44(4,5)6,21-66-15-12-27(60)71-45(7,8)9)57-40(61)22-16-23(41(62)67-38-34(53)30(49)28(47)31(50)35(38)54)18-24(17-22)42(63)68-39-36(55)32(51)29(48)33(52)37(39)56/h16-18H,10-15,19-21H2,1-9H3,(H,57,61). The predicted octanol–water partition coefficient (Wildman–Crippen LogP) is 8.23. The summed E-state index contributed by atoms with van der Waals surface area (Å²) in [5.74, 6) is -38.4. The number of esters is 5. The zero-order valence-corrected chi connectivity index (χ0v) is 39.6. The van der Waals surface area contributed by atoms with Crippen LogP contribution in [0.15, 0.2) is 18.2 Å². The number of carbonyl (C=O) groups excluding carboxylic acids is 6. The molecule has 0 fully saturated rings. The van der Waals surface area contributed by atoms with Crippen LogP contribution in [0, 0.1) is 58.2 Å². The summed E-state index contributed by atoms with van der Waals surface area (Å²) < 4.78 is 184. The molecular weight excluding hydrogens is 980 g/mol. The summed E-state index contributed by atoms with van der Waals surface area (Å²) in [5.41, 5.74) is -8.05. The summed E-state index contributed by atoms with van der Waals surface area (Å²) in [6, 6.07) is 1.28. The molecule has 0 aliphatic rings. The van der Waals surface area contributed by atoms with Gasteiger partial charge in [0.2, 0.25) is 69.7 Å². The molecule has 71 heavy (non-hydrogen) atoms. The molecule has 1 amide bonds. The van der Waals surface area contributed by atoms with Crippen molar-refractivity contribution in [3.8, 4) is 11.5 Å². The predicted molar refractivity (Wildman–Crippen MR) is 223 cm³/mol. The van der Waals surface area contributed by atoms with Crippen molar-refractivity contribution >= 4 is 35.8 Å². The largest absolute Gasteiger partial charge is 0.460 e. The van der Waals surface area contributed by atoms with Crippen molar-refractivity contribution in [2.75, 3.05) is 39.6 Å². The van der Waals surface area contributed by atoms with Crippen molar-refractivity contribution in [1.82, 2.24) is 5.32 Å². The van der Waals surface area contributed by atoms with E-state index in [1.54, 1.807) is 62.3 Å². The van der Waals surface area contributed by atoms with Crippen LogP contribution in [0.2, 0.25) is 0 Å². The minimum atomic E-state index is -2.66. The molecule has 0 radical (unpaired) electrons. The first-order valence-corrected chi connectivity index (χ1v) is 21.0. The van der Waals surface area contributed by atoms with Crippen molar-refractivity contribution < 1.29 is 111 Å². The van der Waals surface area contributed by atoms with Crippen LogP contribution in [0.25, 0.3) is 0 Å². The molecule has 0 bridgehead atoms. The van der Waals surface area contributed by atoms with Gasteiger partial charge < -0.3 is 43.2 Å². The quantitative estimate of drug-likeness (QED) is 0.0204. The Hall–Kier alpha value is -6.34. The first-order chi connectivity index (χ1) is 32.7. The molecule has 0 heterocycles. The zero-order chi connectivity index (χ0) is 54.0. The van der Waals surface area contributed by atoms with E-state index < -0.39 is 184 Å². The van der Waals surface area contributed by atoms with Gasteiger partial charge in [-0.2, -0.15) is 17.6 Å². The van der Waals surface area contributed by atoms with E-state index in [1.807, 2.05) is 0 Å². The molecule has 0 aromatic heterocycles. The highest BCUT2D eigenvalue weighted by Gasteiger charge is 2.37. The smallest absolute Gasteiger partial charge is 0.343 e. The fraction of sp³-hybridized carbons (Fsp3) is 0.478. The average Bonchev–Trinajstić information content (AvgIpc) is 3.26. The Balaban J connectivity index is 2.19. The van der Waals surface area contributed by atoms with Crippen LogP contribution in [-0.4, -0.2) is 97.7 Å². The Kier molecular flexibility index (Phi) is 20.1. The van der Waals surface area contributed by atoms with Crippen molar-refractivity contribution in [2.24, 2.45) is 0 Å². The van der Waals surface area contributed by atoms with Crippen molar-refractivity contribution in [1.29, 1.82) is 0 Å². The third-order valence-electron chi connectivity index (χ3n) is 8.52. The summed E-state index contributed by atoms with van der Waals surface area (Å²) >= 11 is 0. The molecule has 0 aliphatic carbocycles. The average molecular weight is 1030 g/mol. The van der Waals surface area contributed by atoms with Gasteiger partial charge >= 0.3 is 29.8 Å². The van der Waals surface area contributed by atoms with Crippen LogP contribution in [-0.2, 0) is 42.8 Å². The fourth-order valence-electron chi connectivity index (χ4n) is 5.64. The van der Waals surface area contributed by atoms with E-state index in [9.17, 15) is 72.7 Å². The fourth-order valence-corrected chi connectivity index (χ4v) is 5.64. The normalized spacial score (nSPS) is 12.0. The minimum Gasteiger partial charge on any atom is -0.460 e. The van der Waals surface area contributed by atoms with Crippen molar-refractivity contribution in [2.45, 2.75) is 104 Å². The highest BCUT2D eigenvalue weighted by Crippen LogP contribution is 2.32. The van der Waals surface area contributed by atoms with Crippen LogP contribution in [0.4, 0.5) is 43.9 Å². The van der Waals surface area contributed by atoms with E-state index in [0.29, 0.717) is 18.2 Å². The number of hydrogen-bond donors (Lipinski definition) is 1. The Bertz CT molecular complexity index is 2250. The van der Waals surface area contributed by atoms with Gasteiger partial charge in [0.25, 0.3) is 5.91 Å². The molecular formula is C46H49F10NO14. The van der Waals surface area contributed by atoms with Gasteiger partial charge in [0.1, 0.15) is 22.3 Å². The van der Waals surface area contributed by atoms with E-state index in [-0.39, 0.29) is 19.3 Å². The lowest BCUT2D eigenvalue weighted by molar-refractivity contribution is -0.157. The summed E-state index contributed by atoms with van der Waals surface area (Å²) in [6.45, 7) is 11.0. The second-order valence-electron chi connectivity index (χ2n) is 18.3. The Morgan fingerprint density at radius 1 is 0.408 bits per heavy atom. The molecule has 25 heteroatoms. The van der Waals surface area contributed by atoms with Gasteiger partial charge in [-0.05, 0) is 80.5 Å². The summed E-state index contributed by atoms with van der Waals surface area (Å²) in [6.07, 6.45) is -1.12. The number of rotatable bonds is 21. The minimum absolute atomic E-state index is 0.312. The zero-order valence-electron chi connectivity index (χ0n) is 39.6. The van der Waals surface area contributed by atoms with Crippen LogP contribution in [0.1, 0.15) is 113 Å². The van der Waals surface area contributed by atoms with Crippen LogP contribution in [0.3, 0.4) is 0 Å². The third kappa shape index (κ3) is 17.5. The molecule has 3 rings (SSSR count). The van der Waals surface area contributed by atoms with E-state index >= 15 is 0 Å². The SMILES string of the molecule is CC(C)(C)OC(=O)CCOCC(COCCC(=O)OC(C)(C)C)(COCCC(=O)OC(C)(C)C)NC(=O)c1cc(C(=O)Oc2c(F)c(F)c(F)c(F)c2F)cc(C(=O)Oc2c(F)c(F)c(F)c(F)c2F)c1. The number of halogens is 10. The molecule has 3 aromatic rings. The Morgan fingerprint density at radius 3 is 0.930 bits per heavy atom. The van der Waals surface area contributed by atoms with E-state index in [2.05, 4.69) is 14.8 Å². The van der Waals surface area contributed by atoms with E-state index in [0.717, 1.165) is 0 Å². The molecule has 15 nitrogen and oxygen atoms in total. The second-order valence-corrected chi connectivity index (χ2v) is 18.3. The number of benzene rings is 3. The lowest BCUT2D eigenvalue weighted by Gasteiger charge is -2.34. The summed E-state index contributed by atoms with van der Waals surface area (Å²) in [7, 11) is 0. The summed E-state index contributed by atoms with van der Waals surface area (Å²) in [4.78, 5) is 78.6. The first-order valence-electron chi connectivity index (χ1n) is 21.0. The molecule has 1 N–H and O–H groups in total. The lowest BCUT2D eigenvalue weighted by atomic mass is 10.00. The van der Waals surface area contributed by atoms with Gasteiger partial charge in [0.15, 0.2) is 0 Å². The monoisotopic (exact) mass is 1030 g/mol. The molecule has 0 aliphatic heterocycles. The molecule has 0 spiro atoms. The van der Waals surface area contributed by atoms with Gasteiger partial charge in [-0.1, -0.05) is 0 Å². The highest BCUT2D eigenvalue weighted by molar-refractivity contribution is 6.03. The number of ether oxygens (including phenoxy) is 8. The van der Waals surface area contributed by atoms with Crippen molar-refractivity contribution in [3.63, 3.8) is 0 Å². The molecule has 3 aromatic carbocycles. The Morgan fingerprint density at radius 2 is 0.662 bits per heavy atom. The second kappa shape index (κ2) is 24.2. The van der Waals surface area contributed by atoms with Crippen molar-refractivity contribution in [3.05, 3.63) is 93.1 Å². The Labute approximate surface area is 399 Å².